The number of hydrogen-bond donors (Lipinski definition) is 1. The lowest BCUT2D eigenvalue weighted by molar-refractivity contribution is -0.116. The highest BCUT2D eigenvalue weighted by atomic mass is 16.1. The third-order valence-electron chi connectivity index (χ3n) is 4.91. The number of benzene rings is 2. The van der Waals surface area contributed by atoms with Crippen molar-refractivity contribution in [1.82, 2.24) is 4.98 Å². The number of amides is 1. The summed E-state index contributed by atoms with van der Waals surface area (Å²) in [5.41, 5.74) is 3.00. The zero-order valence-corrected chi connectivity index (χ0v) is 16.5. The van der Waals surface area contributed by atoms with Crippen molar-refractivity contribution >= 4 is 17.4 Å². The number of pyridine rings is 1. The molecule has 0 atom stereocenters. The Kier molecular flexibility index (Phi) is 6.79. The molecule has 2 aromatic carbocycles. The number of anilines is 2. The average molecular weight is 374 g/mol. The van der Waals surface area contributed by atoms with Crippen LogP contribution in [0.2, 0.25) is 0 Å². The highest BCUT2D eigenvalue weighted by Crippen LogP contribution is 2.28. The van der Waals surface area contributed by atoms with Crippen molar-refractivity contribution in [2.75, 3.05) is 23.3 Å². The van der Waals surface area contributed by atoms with E-state index in [1.54, 1.807) is 6.20 Å². The first-order chi connectivity index (χ1) is 13.7. The third-order valence-corrected chi connectivity index (χ3v) is 4.91. The monoisotopic (exact) mass is 373 g/mol. The van der Waals surface area contributed by atoms with Crippen LogP contribution >= 0.6 is 0 Å². The molecule has 0 saturated heterocycles. The number of hydrogen-bond acceptors (Lipinski definition) is 3. The number of carbonyl (C=O) groups excluding carboxylic acids is 1. The first-order valence-electron chi connectivity index (χ1n) is 9.82. The molecule has 3 aromatic rings. The van der Waals surface area contributed by atoms with Crippen LogP contribution in [0, 0.1) is 0 Å². The molecule has 1 aromatic heterocycles. The van der Waals surface area contributed by atoms with Crippen LogP contribution in [-0.4, -0.2) is 24.0 Å². The molecular formula is C24H27N3O. The number of carbonyl (C=O) groups is 1. The molecule has 0 unspecified atom stereocenters. The molecule has 0 aliphatic rings. The van der Waals surface area contributed by atoms with Crippen LogP contribution in [0.25, 0.3) is 0 Å². The van der Waals surface area contributed by atoms with E-state index in [1.807, 2.05) is 48.5 Å². The van der Waals surface area contributed by atoms with Gasteiger partial charge in [0.1, 0.15) is 5.82 Å². The zero-order chi connectivity index (χ0) is 19.8. The summed E-state index contributed by atoms with van der Waals surface area (Å²) in [5, 5.41) is 2.99. The van der Waals surface area contributed by atoms with Crippen LogP contribution in [0.3, 0.4) is 0 Å². The van der Waals surface area contributed by atoms with E-state index in [4.69, 9.17) is 0 Å². The summed E-state index contributed by atoms with van der Waals surface area (Å²) >= 11 is 0. The largest absolute Gasteiger partial charge is 0.357 e. The number of nitrogens with zero attached hydrogens (tertiary/aromatic N) is 2. The molecule has 1 amide bonds. The van der Waals surface area contributed by atoms with Crippen molar-refractivity contribution in [3.05, 3.63) is 90.1 Å². The predicted molar refractivity (Wildman–Crippen MR) is 116 cm³/mol. The van der Waals surface area contributed by atoms with Gasteiger partial charge < -0.3 is 10.2 Å². The van der Waals surface area contributed by atoms with Gasteiger partial charge in [0.2, 0.25) is 5.91 Å². The van der Waals surface area contributed by atoms with Gasteiger partial charge in [-0.15, -0.1) is 0 Å². The van der Waals surface area contributed by atoms with E-state index in [0.717, 1.165) is 35.7 Å². The molecule has 144 valence electrons. The van der Waals surface area contributed by atoms with Crippen LogP contribution in [0.5, 0.6) is 0 Å². The second kappa shape index (κ2) is 9.70. The summed E-state index contributed by atoms with van der Waals surface area (Å²) in [6, 6.07) is 24.2. The quantitative estimate of drug-likeness (QED) is 0.598. The van der Waals surface area contributed by atoms with Gasteiger partial charge in [0.05, 0.1) is 11.9 Å². The number of aromatic nitrogens is 1. The highest BCUT2D eigenvalue weighted by Gasteiger charge is 2.18. The summed E-state index contributed by atoms with van der Waals surface area (Å²) in [6.07, 6.45) is 2.11. The molecule has 28 heavy (non-hydrogen) atoms. The molecule has 1 N–H and O–H groups in total. The fourth-order valence-electron chi connectivity index (χ4n) is 3.39. The van der Waals surface area contributed by atoms with Gasteiger partial charge in [-0.1, -0.05) is 60.7 Å². The molecule has 0 spiro atoms. The smallest absolute Gasteiger partial charge is 0.225 e. The molecular weight excluding hydrogens is 346 g/mol. The van der Waals surface area contributed by atoms with Crippen LogP contribution < -0.4 is 10.2 Å². The Hall–Kier alpha value is -3.14. The highest BCUT2D eigenvalue weighted by molar-refractivity contribution is 5.91. The van der Waals surface area contributed by atoms with Gasteiger partial charge in [0.15, 0.2) is 0 Å². The van der Waals surface area contributed by atoms with Crippen LogP contribution in [-0.2, 0) is 4.79 Å². The molecule has 4 nitrogen and oxygen atoms in total. The van der Waals surface area contributed by atoms with E-state index in [9.17, 15) is 4.79 Å². The number of rotatable bonds is 8. The minimum atomic E-state index is -0.0184. The Morgan fingerprint density at radius 3 is 1.93 bits per heavy atom. The minimum Gasteiger partial charge on any atom is -0.357 e. The molecule has 0 fully saturated rings. The van der Waals surface area contributed by atoms with E-state index in [-0.39, 0.29) is 11.8 Å². The predicted octanol–water partition coefficient (Wildman–Crippen LogP) is 5.09. The Morgan fingerprint density at radius 2 is 1.46 bits per heavy atom. The summed E-state index contributed by atoms with van der Waals surface area (Å²) < 4.78 is 0. The van der Waals surface area contributed by atoms with Crippen LogP contribution in [0.1, 0.15) is 37.3 Å². The maximum Gasteiger partial charge on any atom is 0.225 e. The fraction of sp³-hybridized carbons (Fsp3) is 0.250. The van der Waals surface area contributed by atoms with Gasteiger partial charge in [-0.25, -0.2) is 4.98 Å². The topological polar surface area (TPSA) is 45.2 Å². The average Bonchev–Trinajstić information content (AvgIpc) is 2.75. The normalized spacial score (nSPS) is 10.7. The lowest BCUT2D eigenvalue weighted by Gasteiger charge is -2.20. The standard InChI is InChI=1S/C24H27N3O/c1-3-27(4-2)23-16-15-21(18-25-23)26-24(28)17-22(19-11-7-5-8-12-19)20-13-9-6-10-14-20/h5-16,18,22H,3-4,17H2,1-2H3,(H,26,28). The van der Waals surface area contributed by atoms with Gasteiger partial charge in [-0.2, -0.15) is 0 Å². The second-order valence-electron chi connectivity index (χ2n) is 6.70. The molecule has 0 aliphatic heterocycles. The van der Waals surface area contributed by atoms with Crippen molar-refractivity contribution in [3.8, 4) is 0 Å². The Bertz CT molecular complexity index is 820. The molecule has 0 bridgehead atoms. The summed E-state index contributed by atoms with van der Waals surface area (Å²) in [4.78, 5) is 19.4. The van der Waals surface area contributed by atoms with Crippen molar-refractivity contribution in [2.24, 2.45) is 0 Å². The van der Waals surface area contributed by atoms with Gasteiger partial charge in [-0.3, -0.25) is 4.79 Å². The first kappa shape index (κ1) is 19.6. The molecule has 0 radical (unpaired) electrons. The Labute approximate surface area is 167 Å². The lowest BCUT2D eigenvalue weighted by atomic mass is 9.88. The van der Waals surface area contributed by atoms with E-state index in [0.29, 0.717) is 6.42 Å². The van der Waals surface area contributed by atoms with Crippen molar-refractivity contribution in [1.29, 1.82) is 0 Å². The minimum absolute atomic E-state index is 0.0184. The van der Waals surface area contributed by atoms with Gasteiger partial charge in [-0.05, 0) is 37.1 Å². The number of nitrogens with one attached hydrogen (secondary N) is 1. The molecule has 0 aliphatic carbocycles. The maximum absolute atomic E-state index is 12.8. The van der Waals surface area contributed by atoms with E-state index in [2.05, 4.69) is 53.3 Å². The van der Waals surface area contributed by atoms with Crippen molar-refractivity contribution in [3.63, 3.8) is 0 Å². The third kappa shape index (κ3) is 4.97. The first-order valence-corrected chi connectivity index (χ1v) is 9.82. The molecule has 0 saturated carbocycles. The van der Waals surface area contributed by atoms with E-state index in [1.165, 1.54) is 0 Å². The molecule has 3 rings (SSSR count). The molecule has 4 heteroatoms. The SMILES string of the molecule is CCN(CC)c1ccc(NC(=O)CC(c2ccccc2)c2ccccc2)cn1. The summed E-state index contributed by atoms with van der Waals surface area (Å²) in [7, 11) is 0. The summed E-state index contributed by atoms with van der Waals surface area (Å²) in [5.74, 6) is 0.926. The Morgan fingerprint density at radius 1 is 0.893 bits per heavy atom. The van der Waals surface area contributed by atoms with Gasteiger partial charge in [0, 0.05) is 25.4 Å². The second-order valence-corrected chi connectivity index (χ2v) is 6.70. The van der Waals surface area contributed by atoms with Crippen molar-refractivity contribution in [2.45, 2.75) is 26.2 Å². The molecule has 1 heterocycles. The zero-order valence-electron chi connectivity index (χ0n) is 16.5. The lowest BCUT2D eigenvalue weighted by Crippen LogP contribution is -2.23. The fourth-order valence-corrected chi connectivity index (χ4v) is 3.39. The summed E-state index contributed by atoms with van der Waals surface area (Å²) in [6.45, 7) is 6.03. The Balaban J connectivity index is 1.72. The van der Waals surface area contributed by atoms with Gasteiger partial charge >= 0.3 is 0 Å². The van der Waals surface area contributed by atoms with Crippen molar-refractivity contribution < 1.29 is 4.79 Å². The van der Waals surface area contributed by atoms with Crippen LogP contribution in [0.15, 0.2) is 79.0 Å². The maximum atomic E-state index is 12.8. The van der Waals surface area contributed by atoms with E-state index >= 15 is 0 Å². The van der Waals surface area contributed by atoms with Gasteiger partial charge in [0.25, 0.3) is 0 Å². The van der Waals surface area contributed by atoms with E-state index < -0.39 is 0 Å². The van der Waals surface area contributed by atoms with Crippen LogP contribution in [0.4, 0.5) is 11.5 Å².